The Morgan fingerprint density at radius 3 is 3.20 bits per heavy atom. The van der Waals surface area contributed by atoms with Crippen molar-refractivity contribution < 1.29 is 4.42 Å². The van der Waals surface area contributed by atoms with E-state index in [1.54, 1.807) is 12.3 Å². The Morgan fingerprint density at radius 2 is 2.30 bits per heavy atom. The molecule has 0 radical (unpaired) electrons. The van der Waals surface area contributed by atoms with Crippen LogP contribution < -0.4 is 5.76 Å². The SMILES string of the molecule is O=c1[nH]cc2cccc-2o1. The molecule has 0 spiro atoms. The van der Waals surface area contributed by atoms with E-state index in [1.807, 2.05) is 12.1 Å². The second kappa shape index (κ2) is 1.73. The zero-order valence-corrected chi connectivity index (χ0v) is 5.13. The van der Waals surface area contributed by atoms with Crippen LogP contribution in [0.25, 0.3) is 11.3 Å². The second-order valence-corrected chi connectivity index (χ2v) is 2.02. The molecule has 0 amide bonds. The summed E-state index contributed by atoms with van der Waals surface area (Å²) in [5.41, 5.74) is 0.916. The molecule has 2 rings (SSSR count). The van der Waals surface area contributed by atoms with Crippen LogP contribution in [0.2, 0.25) is 0 Å². The molecule has 1 heterocycles. The average molecular weight is 135 g/mol. The van der Waals surface area contributed by atoms with Crippen LogP contribution in [-0.2, 0) is 0 Å². The van der Waals surface area contributed by atoms with Crippen LogP contribution in [0.15, 0.2) is 33.6 Å². The third-order valence-electron chi connectivity index (χ3n) is 1.36. The number of H-pyrrole nitrogens is 1. The number of hydrogen-bond acceptors (Lipinski definition) is 2. The van der Waals surface area contributed by atoms with Crippen LogP contribution in [0.5, 0.6) is 0 Å². The highest BCUT2D eigenvalue weighted by Crippen LogP contribution is 2.18. The maximum Gasteiger partial charge on any atom is 0.416 e. The van der Waals surface area contributed by atoms with Crippen LogP contribution >= 0.6 is 0 Å². The van der Waals surface area contributed by atoms with Crippen LogP contribution in [0, 0.1) is 0 Å². The summed E-state index contributed by atoms with van der Waals surface area (Å²) in [6.07, 6.45) is 1.63. The Hall–Kier alpha value is -1.51. The molecule has 50 valence electrons. The molecule has 0 atom stereocenters. The largest absolute Gasteiger partial charge is 0.416 e. The second-order valence-electron chi connectivity index (χ2n) is 2.02. The van der Waals surface area contributed by atoms with Crippen LogP contribution in [0.3, 0.4) is 0 Å². The lowest BCUT2D eigenvalue weighted by molar-refractivity contribution is 0.498. The summed E-state index contributed by atoms with van der Waals surface area (Å²) < 4.78 is 4.79. The zero-order valence-electron chi connectivity index (χ0n) is 5.13. The van der Waals surface area contributed by atoms with E-state index in [2.05, 4.69) is 4.98 Å². The first-order valence-corrected chi connectivity index (χ1v) is 2.93. The van der Waals surface area contributed by atoms with Gasteiger partial charge in [-0.05, 0) is 12.1 Å². The Balaban J connectivity index is 2.87. The highest BCUT2D eigenvalue weighted by Gasteiger charge is 2.02. The first kappa shape index (κ1) is 5.29. The van der Waals surface area contributed by atoms with E-state index in [0.717, 1.165) is 5.56 Å². The maximum absolute atomic E-state index is 10.6. The van der Waals surface area contributed by atoms with Gasteiger partial charge in [-0.2, -0.15) is 0 Å². The lowest BCUT2D eigenvalue weighted by Gasteiger charge is -1.91. The van der Waals surface area contributed by atoms with Gasteiger partial charge >= 0.3 is 5.76 Å². The van der Waals surface area contributed by atoms with Gasteiger partial charge in [-0.1, -0.05) is 6.07 Å². The third-order valence-corrected chi connectivity index (χ3v) is 1.36. The van der Waals surface area contributed by atoms with E-state index in [-0.39, 0.29) is 0 Å². The minimum atomic E-state index is -0.418. The number of nitrogens with one attached hydrogen (secondary N) is 1. The highest BCUT2D eigenvalue weighted by atomic mass is 16.4. The fourth-order valence-corrected chi connectivity index (χ4v) is 0.896. The Kier molecular flexibility index (Phi) is 0.917. The molecule has 3 nitrogen and oxygen atoms in total. The first-order chi connectivity index (χ1) is 4.86. The van der Waals surface area contributed by atoms with E-state index in [1.165, 1.54) is 0 Å². The molecule has 0 unspecified atom stereocenters. The molecule has 0 fully saturated rings. The summed E-state index contributed by atoms with van der Waals surface area (Å²) in [6.45, 7) is 0. The highest BCUT2D eigenvalue weighted by molar-refractivity contribution is 5.57. The summed E-state index contributed by atoms with van der Waals surface area (Å²) in [5.74, 6) is 0.211. The molecule has 0 aromatic rings. The van der Waals surface area contributed by atoms with Gasteiger partial charge in [0.2, 0.25) is 0 Å². The van der Waals surface area contributed by atoms with Gasteiger partial charge < -0.3 is 4.42 Å². The molecule has 1 aliphatic heterocycles. The normalized spacial score (nSPS) is 10.4. The van der Waals surface area contributed by atoms with Crippen molar-refractivity contribution in [3.8, 4) is 11.3 Å². The lowest BCUT2D eigenvalue weighted by Crippen LogP contribution is -2.02. The predicted octanol–water partition coefficient (Wildman–Crippen LogP) is 1.07. The lowest BCUT2D eigenvalue weighted by atomic mass is 10.3. The Bertz CT molecular complexity index is 360. The van der Waals surface area contributed by atoms with E-state index in [0.29, 0.717) is 5.76 Å². The third kappa shape index (κ3) is 0.639. The van der Waals surface area contributed by atoms with Crippen molar-refractivity contribution in [2.75, 3.05) is 0 Å². The van der Waals surface area contributed by atoms with Crippen molar-refractivity contribution in [3.63, 3.8) is 0 Å². The van der Waals surface area contributed by atoms with E-state index < -0.39 is 5.76 Å². The molecule has 0 bridgehead atoms. The average Bonchev–Trinajstić information content (AvgIpc) is 2.33. The van der Waals surface area contributed by atoms with Gasteiger partial charge in [-0.15, -0.1) is 0 Å². The summed E-state index contributed by atoms with van der Waals surface area (Å²) in [5, 5.41) is 0. The van der Waals surface area contributed by atoms with Gasteiger partial charge in [0.15, 0.2) is 0 Å². The first-order valence-electron chi connectivity index (χ1n) is 2.93. The number of rotatable bonds is 0. The van der Waals surface area contributed by atoms with Gasteiger partial charge in [0, 0.05) is 11.8 Å². The van der Waals surface area contributed by atoms with Gasteiger partial charge in [0.05, 0.1) is 0 Å². The Morgan fingerprint density at radius 1 is 1.40 bits per heavy atom. The maximum atomic E-state index is 10.6. The molecule has 3 heteroatoms. The van der Waals surface area contributed by atoms with Gasteiger partial charge in [-0.3, -0.25) is 4.98 Å². The molecular weight excluding hydrogens is 130 g/mol. The summed E-state index contributed by atoms with van der Waals surface area (Å²) in [6, 6.07) is 5.46. The number of hydrogen-bond donors (Lipinski definition) is 1. The van der Waals surface area contributed by atoms with E-state index in [4.69, 9.17) is 4.42 Å². The minimum absolute atomic E-state index is 0.418. The summed E-state index contributed by atoms with van der Waals surface area (Å²) in [7, 11) is 0. The van der Waals surface area contributed by atoms with Gasteiger partial charge in [-0.25, -0.2) is 4.79 Å². The number of aromatic amines is 1. The van der Waals surface area contributed by atoms with Gasteiger partial charge in [0.1, 0.15) is 5.76 Å². The van der Waals surface area contributed by atoms with Crippen molar-refractivity contribution in [1.82, 2.24) is 4.98 Å². The standard InChI is InChI=1S/C7H5NO2/c9-7-8-4-5-2-1-3-6(5)10-7/h1-4H,(H,8,9). The molecule has 0 saturated carbocycles. The molecule has 0 saturated heterocycles. The molecule has 2 aliphatic rings. The molecule has 0 aromatic heterocycles. The number of fused-ring (bicyclic) bond motifs is 1. The number of aromatic nitrogens is 1. The fraction of sp³-hybridized carbons (Fsp3) is 0. The van der Waals surface area contributed by atoms with E-state index >= 15 is 0 Å². The quantitative estimate of drug-likeness (QED) is 0.587. The van der Waals surface area contributed by atoms with Crippen LogP contribution in [0.1, 0.15) is 0 Å². The molecular formula is C7H5NO2. The predicted molar refractivity (Wildman–Crippen MR) is 36.0 cm³/mol. The molecule has 0 aromatic carbocycles. The van der Waals surface area contributed by atoms with E-state index in [9.17, 15) is 4.79 Å². The van der Waals surface area contributed by atoms with Crippen LogP contribution in [0.4, 0.5) is 0 Å². The monoisotopic (exact) mass is 135 g/mol. The minimum Gasteiger partial charge on any atom is -0.409 e. The molecule has 10 heavy (non-hydrogen) atoms. The van der Waals surface area contributed by atoms with Crippen molar-refractivity contribution in [2.24, 2.45) is 0 Å². The van der Waals surface area contributed by atoms with Gasteiger partial charge in [0.25, 0.3) is 0 Å². The van der Waals surface area contributed by atoms with Crippen molar-refractivity contribution >= 4 is 0 Å². The summed E-state index contributed by atoms with van der Waals surface area (Å²) >= 11 is 0. The van der Waals surface area contributed by atoms with Crippen LogP contribution in [-0.4, -0.2) is 4.98 Å². The van der Waals surface area contributed by atoms with Crippen molar-refractivity contribution in [2.45, 2.75) is 0 Å². The molecule has 1 N–H and O–H groups in total. The molecule has 1 aliphatic carbocycles. The smallest absolute Gasteiger partial charge is 0.409 e. The zero-order chi connectivity index (χ0) is 6.97. The van der Waals surface area contributed by atoms with Crippen molar-refractivity contribution in [3.05, 3.63) is 34.9 Å². The fourth-order valence-electron chi connectivity index (χ4n) is 0.896. The Labute approximate surface area is 56.6 Å². The van der Waals surface area contributed by atoms with Crippen molar-refractivity contribution in [1.29, 1.82) is 0 Å². The topological polar surface area (TPSA) is 46.0 Å². The summed E-state index contributed by atoms with van der Waals surface area (Å²) in [4.78, 5) is 13.0.